The lowest BCUT2D eigenvalue weighted by molar-refractivity contribution is -0.142. The number of benzene rings is 1. The Morgan fingerprint density at radius 1 is 1.23 bits per heavy atom. The summed E-state index contributed by atoms with van der Waals surface area (Å²) in [5.41, 5.74) is 1.04. The van der Waals surface area contributed by atoms with Crippen molar-refractivity contribution in [3.05, 3.63) is 35.6 Å². The normalized spacial score (nSPS) is 21.2. The summed E-state index contributed by atoms with van der Waals surface area (Å²) in [4.78, 5) is 23.7. The first kappa shape index (κ1) is 22.5. The van der Waals surface area contributed by atoms with Crippen molar-refractivity contribution in [2.75, 3.05) is 60.0 Å². The van der Waals surface area contributed by atoms with Crippen molar-refractivity contribution in [2.24, 2.45) is 4.99 Å². The second-order valence-electron chi connectivity index (χ2n) is 8.04. The number of nitrogens with zero attached hydrogens (tertiary/aromatic N) is 4. The highest BCUT2D eigenvalue weighted by Gasteiger charge is 2.31. The molecule has 2 fully saturated rings. The van der Waals surface area contributed by atoms with Gasteiger partial charge in [-0.2, -0.15) is 0 Å². The van der Waals surface area contributed by atoms with Crippen molar-refractivity contribution in [3.63, 3.8) is 0 Å². The van der Waals surface area contributed by atoms with Gasteiger partial charge in [0.25, 0.3) is 5.91 Å². The van der Waals surface area contributed by atoms with Gasteiger partial charge in [-0.3, -0.25) is 9.79 Å². The number of likely N-dealkylation sites (N-methyl/N-ethyl adjacent to an activating group) is 1. The molecule has 0 saturated carbocycles. The largest absolute Gasteiger partial charge is 0.368 e. The van der Waals surface area contributed by atoms with Crippen LogP contribution in [0, 0.1) is 5.82 Å². The molecule has 2 atom stereocenters. The summed E-state index contributed by atoms with van der Waals surface area (Å²) >= 11 is 0. The monoisotopic (exact) mass is 419 g/mol. The number of carbonyl (C=O) groups excluding carboxylic acids is 1. The third-order valence-electron chi connectivity index (χ3n) is 5.72. The Balaban J connectivity index is 1.62. The van der Waals surface area contributed by atoms with E-state index in [1.54, 1.807) is 0 Å². The lowest BCUT2D eigenvalue weighted by Gasteiger charge is -2.37. The van der Waals surface area contributed by atoms with Gasteiger partial charge in [0.15, 0.2) is 5.96 Å². The van der Waals surface area contributed by atoms with E-state index >= 15 is 0 Å². The van der Waals surface area contributed by atoms with Crippen LogP contribution in [0.25, 0.3) is 0 Å². The van der Waals surface area contributed by atoms with E-state index in [0.717, 1.165) is 44.0 Å². The smallest absolute Gasteiger partial charge is 0.251 e. The number of halogens is 1. The predicted molar refractivity (Wildman–Crippen MR) is 116 cm³/mol. The molecule has 7 nitrogen and oxygen atoms in total. The van der Waals surface area contributed by atoms with Crippen LogP contribution in [0.15, 0.2) is 29.3 Å². The van der Waals surface area contributed by atoms with Gasteiger partial charge in [0.05, 0.1) is 12.6 Å². The van der Waals surface area contributed by atoms with Gasteiger partial charge in [0.1, 0.15) is 11.9 Å². The summed E-state index contributed by atoms with van der Waals surface area (Å²) in [5.74, 6) is 0.747. The van der Waals surface area contributed by atoms with Gasteiger partial charge >= 0.3 is 0 Å². The fourth-order valence-electron chi connectivity index (χ4n) is 3.97. The summed E-state index contributed by atoms with van der Waals surface area (Å²) in [6.07, 6.45) is 1.54. The Kier molecular flexibility index (Phi) is 8.04. The molecule has 1 amide bonds. The van der Waals surface area contributed by atoms with Crippen LogP contribution >= 0.6 is 0 Å². The summed E-state index contributed by atoms with van der Waals surface area (Å²) in [7, 11) is 4.01. The highest BCUT2D eigenvalue weighted by Crippen LogP contribution is 2.20. The third-order valence-corrected chi connectivity index (χ3v) is 5.72. The zero-order valence-electron chi connectivity index (χ0n) is 18.3. The molecule has 1 N–H and O–H groups in total. The Morgan fingerprint density at radius 3 is 2.47 bits per heavy atom. The molecule has 166 valence electrons. The van der Waals surface area contributed by atoms with Crippen LogP contribution in [0.3, 0.4) is 0 Å². The molecule has 0 bridgehead atoms. The number of carbonyl (C=O) groups is 1. The molecular formula is C22H34FN5O2. The number of rotatable bonds is 6. The van der Waals surface area contributed by atoms with Crippen molar-refractivity contribution in [2.45, 2.75) is 31.9 Å². The van der Waals surface area contributed by atoms with E-state index in [1.807, 2.05) is 31.1 Å². The number of hydrogen-bond acceptors (Lipinski definition) is 4. The van der Waals surface area contributed by atoms with Crippen LogP contribution in [-0.2, 0) is 9.53 Å². The molecule has 1 aromatic rings. The van der Waals surface area contributed by atoms with Crippen LogP contribution in [0.1, 0.15) is 31.4 Å². The van der Waals surface area contributed by atoms with E-state index in [9.17, 15) is 9.18 Å². The molecule has 30 heavy (non-hydrogen) atoms. The first-order valence-electron chi connectivity index (χ1n) is 10.8. The molecule has 2 aliphatic heterocycles. The SMILES string of the molecule is CCNC(=NCC(c1ccc(F)cc1)N(C)C)N1CCN(C(=O)C2CCCO2)CC1. The summed E-state index contributed by atoms with van der Waals surface area (Å²) in [6.45, 7) is 6.93. The molecule has 2 aliphatic rings. The maximum absolute atomic E-state index is 13.3. The third kappa shape index (κ3) is 5.70. The topological polar surface area (TPSA) is 60.4 Å². The molecule has 8 heteroatoms. The highest BCUT2D eigenvalue weighted by molar-refractivity contribution is 5.82. The highest BCUT2D eigenvalue weighted by atomic mass is 19.1. The molecule has 2 saturated heterocycles. The summed E-state index contributed by atoms with van der Waals surface area (Å²) in [6, 6.07) is 6.67. The molecule has 0 radical (unpaired) electrons. The summed E-state index contributed by atoms with van der Waals surface area (Å²) < 4.78 is 18.9. The average Bonchev–Trinajstić information content (AvgIpc) is 3.29. The van der Waals surface area contributed by atoms with Gasteiger partial charge in [-0.05, 0) is 51.6 Å². The molecule has 1 aromatic carbocycles. The van der Waals surface area contributed by atoms with Gasteiger partial charge in [0, 0.05) is 39.3 Å². The summed E-state index contributed by atoms with van der Waals surface area (Å²) in [5, 5.41) is 3.38. The van der Waals surface area contributed by atoms with Gasteiger partial charge in [-0.25, -0.2) is 4.39 Å². The fraction of sp³-hybridized carbons (Fsp3) is 0.636. The quantitative estimate of drug-likeness (QED) is 0.562. The molecule has 0 spiro atoms. The van der Waals surface area contributed by atoms with E-state index in [0.29, 0.717) is 26.2 Å². The van der Waals surface area contributed by atoms with Crippen LogP contribution in [-0.4, -0.2) is 92.6 Å². The van der Waals surface area contributed by atoms with Gasteiger partial charge < -0.3 is 24.8 Å². The van der Waals surface area contributed by atoms with Crippen molar-refractivity contribution in [3.8, 4) is 0 Å². The lowest BCUT2D eigenvalue weighted by atomic mass is 10.1. The standard InChI is InChI=1S/C22H34FN5O2/c1-4-24-22(25-16-19(26(2)3)17-7-9-18(23)10-8-17)28-13-11-27(12-14-28)21(29)20-6-5-15-30-20/h7-10,19-20H,4-6,11-16H2,1-3H3,(H,24,25). The number of piperazine rings is 1. The molecule has 3 rings (SSSR count). The number of hydrogen-bond donors (Lipinski definition) is 1. The van der Waals surface area contributed by atoms with E-state index in [1.165, 1.54) is 12.1 Å². The Hall–Kier alpha value is -2.19. The van der Waals surface area contributed by atoms with Gasteiger partial charge in [0.2, 0.25) is 0 Å². The molecule has 0 aliphatic carbocycles. The van der Waals surface area contributed by atoms with Crippen LogP contribution in [0.4, 0.5) is 4.39 Å². The number of ether oxygens (including phenoxy) is 1. The minimum Gasteiger partial charge on any atom is -0.368 e. The first-order valence-corrected chi connectivity index (χ1v) is 10.8. The Bertz CT molecular complexity index is 711. The average molecular weight is 420 g/mol. The molecular weight excluding hydrogens is 385 g/mol. The number of amides is 1. The van der Waals surface area contributed by atoms with E-state index in [4.69, 9.17) is 9.73 Å². The van der Waals surface area contributed by atoms with Gasteiger partial charge in [-0.1, -0.05) is 12.1 Å². The first-order chi connectivity index (χ1) is 14.5. The van der Waals surface area contributed by atoms with Crippen molar-refractivity contribution >= 4 is 11.9 Å². The van der Waals surface area contributed by atoms with E-state index in [-0.39, 0.29) is 23.9 Å². The maximum Gasteiger partial charge on any atom is 0.251 e. The van der Waals surface area contributed by atoms with Crippen LogP contribution < -0.4 is 5.32 Å². The zero-order valence-corrected chi connectivity index (χ0v) is 18.3. The van der Waals surface area contributed by atoms with Crippen LogP contribution in [0.2, 0.25) is 0 Å². The van der Waals surface area contributed by atoms with E-state index < -0.39 is 0 Å². The Labute approximate surface area is 178 Å². The second kappa shape index (κ2) is 10.7. The Morgan fingerprint density at radius 2 is 1.90 bits per heavy atom. The molecule has 0 aromatic heterocycles. The zero-order chi connectivity index (χ0) is 21.5. The number of nitrogens with one attached hydrogen (secondary N) is 1. The maximum atomic E-state index is 13.3. The van der Waals surface area contributed by atoms with Crippen molar-refractivity contribution in [1.29, 1.82) is 0 Å². The van der Waals surface area contributed by atoms with Gasteiger partial charge in [-0.15, -0.1) is 0 Å². The minimum atomic E-state index is -0.255. The second-order valence-corrected chi connectivity index (χ2v) is 8.04. The minimum absolute atomic E-state index is 0.0571. The van der Waals surface area contributed by atoms with Crippen molar-refractivity contribution in [1.82, 2.24) is 20.0 Å². The number of aliphatic imine (C=N–C) groups is 1. The van der Waals surface area contributed by atoms with Crippen molar-refractivity contribution < 1.29 is 13.9 Å². The molecule has 2 heterocycles. The fourth-order valence-corrected chi connectivity index (χ4v) is 3.97. The number of guanidine groups is 1. The lowest BCUT2D eigenvalue weighted by Crippen LogP contribution is -2.55. The predicted octanol–water partition coefficient (Wildman–Crippen LogP) is 1.72. The van der Waals surface area contributed by atoms with E-state index in [2.05, 4.69) is 22.0 Å². The van der Waals surface area contributed by atoms with Crippen LogP contribution in [0.5, 0.6) is 0 Å². The molecule has 2 unspecified atom stereocenters.